The van der Waals surface area contributed by atoms with Crippen molar-refractivity contribution >= 4 is 39.1 Å². The number of thiophene rings is 1. The van der Waals surface area contributed by atoms with Crippen LogP contribution < -0.4 is 9.47 Å². The summed E-state index contributed by atoms with van der Waals surface area (Å²) in [6.07, 6.45) is 1.84. The number of ketones is 1. The van der Waals surface area contributed by atoms with Crippen molar-refractivity contribution < 1.29 is 14.3 Å². The van der Waals surface area contributed by atoms with Crippen LogP contribution in [-0.2, 0) is 6.42 Å². The lowest BCUT2D eigenvalue weighted by molar-refractivity contribution is 0.102. The highest BCUT2D eigenvalue weighted by atomic mass is 32.2. The van der Waals surface area contributed by atoms with Crippen molar-refractivity contribution in [2.45, 2.75) is 38.6 Å². The van der Waals surface area contributed by atoms with E-state index < -0.39 is 0 Å². The molecule has 1 aliphatic rings. The number of fused-ring (bicyclic) bond motifs is 2. The second-order valence-corrected chi connectivity index (χ2v) is 8.90. The minimum atomic E-state index is 0.0513. The van der Waals surface area contributed by atoms with E-state index in [4.69, 9.17) is 19.4 Å². The molecule has 0 N–H and O–H groups in total. The van der Waals surface area contributed by atoms with Crippen LogP contribution in [0.3, 0.4) is 0 Å². The molecule has 28 heavy (non-hydrogen) atoms. The molecule has 3 heterocycles. The van der Waals surface area contributed by atoms with Crippen molar-refractivity contribution in [1.29, 1.82) is 0 Å². The summed E-state index contributed by atoms with van der Waals surface area (Å²) in [4.78, 5) is 24.5. The molecular weight excluding hydrogens is 392 g/mol. The maximum Gasteiger partial charge on any atom is 0.173 e. The van der Waals surface area contributed by atoms with Gasteiger partial charge >= 0.3 is 0 Å². The Bertz CT molecular complexity index is 1050. The molecule has 146 valence electrons. The van der Waals surface area contributed by atoms with Gasteiger partial charge in [0.2, 0.25) is 0 Å². The van der Waals surface area contributed by atoms with Crippen LogP contribution in [0.4, 0.5) is 0 Å². The standard InChI is InChI=1S/C21H22N2O3S2/c1-4-5-18-22-20(19-12(2)13(3)28-21(19)23-18)27-11-15(24)14-6-7-16-17(10-14)26-9-8-25-16/h6-7,10H,4-5,8-9,11H2,1-3H3. The van der Waals surface area contributed by atoms with Gasteiger partial charge in [-0.2, -0.15) is 0 Å². The predicted octanol–water partition coefficient (Wildman–Crippen LogP) is 5.01. The SMILES string of the molecule is CCCc1nc(SCC(=O)c2ccc3c(c2)OCCO3)c2c(C)c(C)sc2n1. The zero-order valence-corrected chi connectivity index (χ0v) is 17.8. The number of rotatable bonds is 6. The molecule has 7 heteroatoms. The van der Waals surface area contributed by atoms with Crippen LogP contribution in [-0.4, -0.2) is 34.7 Å². The molecule has 0 aliphatic carbocycles. The van der Waals surface area contributed by atoms with E-state index in [2.05, 4.69) is 20.8 Å². The molecule has 0 atom stereocenters. The van der Waals surface area contributed by atoms with E-state index in [9.17, 15) is 4.79 Å². The van der Waals surface area contributed by atoms with Crippen LogP contribution in [0, 0.1) is 13.8 Å². The van der Waals surface area contributed by atoms with E-state index in [1.807, 2.05) is 0 Å². The van der Waals surface area contributed by atoms with Gasteiger partial charge in [0, 0.05) is 22.2 Å². The Kier molecular flexibility index (Phi) is 5.55. The molecular formula is C21H22N2O3S2. The molecule has 1 aromatic carbocycles. The second kappa shape index (κ2) is 8.09. The van der Waals surface area contributed by atoms with Gasteiger partial charge in [-0.1, -0.05) is 18.7 Å². The molecule has 0 amide bonds. The molecule has 2 aromatic heterocycles. The number of carbonyl (C=O) groups excluding carboxylic acids is 1. The van der Waals surface area contributed by atoms with Gasteiger partial charge < -0.3 is 9.47 Å². The number of thioether (sulfide) groups is 1. The normalized spacial score (nSPS) is 13.1. The van der Waals surface area contributed by atoms with Crippen LogP contribution >= 0.6 is 23.1 Å². The van der Waals surface area contributed by atoms with Crippen molar-refractivity contribution in [3.63, 3.8) is 0 Å². The monoisotopic (exact) mass is 414 g/mol. The van der Waals surface area contributed by atoms with Gasteiger partial charge in [-0.15, -0.1) is 11.3 Å². The number of hydrogen-bond donors (Lipinski definition) is 0. The third kappa shape index (κ3) is 3.73. The Morgan fingerprint density at radius 3 is 2.75 bits per heavy atom. The Morgan fingerprint density at radius 2 is 1.96 bits per heavy atom. The van der Waals surface area contributed by atoms with Gasteiger partial charge in [-0.25, -0.2) is 9.97 Å². The lowest BCUT2D eigenvalue weighted by atomic mass is 10.1. The van der Waals surface area contributed by atoms with Crippen LogP contribution in [0.5, 0.6) is 11.5 Å². The molecule has 0 spiro atoms. The van der Waals surface area contributed by atoms with Gasteiger partial charge in [0.05, 0.1) is 5.75 Å². The number of carbonyl (C=O) groups is 1. The summed E-state index contributed by atoms with van der Waals surface area (Å²) in [7, 11) is 0. The van der Waals surface area contributed by atoms with Crippen LogP contribution in [0.15, 0.2) is 23.2 Å². The first-order valence-corrected chi connectivity index (χ1v) is 11.2. The molecule has 0 radical (unpaired) electrons. The number of aryl methyl sites for hydroxylation is 3. The summed E-state index contributed by atoms with van der Waals surface area (Å²) >= 11 is 3.19. The van der Waals surface area contributed by atoms with Crippen molar-refractivity contribution in [3.8, 4) is 11.5 Å². The number of Topliss-reactive ketones (excluding diaryl/α,β-unsaturated/α-hetero) is 1. The van der Waals surface area contributed by atoms with E-state index >= 15 is 0 Å². The maximum absolute atomic E-state index is 12.8. The maximum atomic E-state index is 12.8. The Labute approximate surface area is 172 Å². The third-order valence-electron chi connectivity index (χ3n) is 4.72. The fourth-order valence-electron chi connectivity index (χ4n) is 3.13. The molecule has 0 bridgehead atoms. The van der Waals surface area contributed by atoms with Crippen LogP contribution in [0.2, 0.25) is 0 Å². The van der Waals surface area contributed by atoms with Gasteiger partial charge in [0.25, 0.3) is 0 Å². The lowest BCUT2D eigenvalue weighted by Gasteiger charge is -2.18. The summed E-state index contributed by atoms with van der Waals surface area (Å²) in [5.74, 6) is 2.56. The molecule has 0 saturated heterocycles. The number of ether oxygens (including phenoxy) is 2. The smallest absolute Gasteiger partial charge is 0.173 e. The highest BCUT2D eigenvalue weighted by Gasteiger charge is 2.18. The highest BCUT2D eigenvalue weighted by molar-refractivity contribution is 8.00. The Morgan fingerprint density at radius 1 is 1.18 bits per heavy atom. The molecule has 0 saturated carbocycles. The predicted molar refractivity (Wildman–Crippen MR) is 113 cm³/mol. The minimum Gasteiger partial charge on any atom is -0.486 e. The molecule has 0 fully saturated rings. The molecule has 0 unspecified atom stereocenters. The molecule has 3 aromatic rings. The van der Waals surface area contributed by atoms with Crippen LogP contribution in [0.1, 0.15) is 40.0 Å². The van der Waals surface area contributed by atoms with E-state index in [0.717, 1.165) is 33.9 Å². The van der Waals surface area contributed by atoms with E-state index in [0.29, 0.717) is 36.0 Å². The number of benzene rings is 1. The van der Waals surface area contributed by atoms with Crippen molar-refractivity contribution in [2.24, 2.45) is 0 Å². The summed E-state index contributed by atoms with van der Waals surface area (Å²) in [6, 6.07) is 5.38. The number of hydrogen-bond acceptors (Lipinski definition) is 7. The largest absolute Gasteiger partial charge is 0.486 e. The summed E-state index contributed by atoms with van der Waals surface area (Å²) < 4.78 is 11.1. The van der Waals surface area contributed by atoms with Gasteiger partial charge in [0.15, 0.2) is 17.3 Å². The van der Waals surface area contributed by atoms with E-state index in [1.54, 1.807) is 29.5 Å². The van der Waals surface area contributed by atoms with Crippen molar-refractivity contribution in [1.82, 2.24) is 9.97 Å². The van der Waals surface area contributed by atoms with E-state index in [1.165, 1.54) is 22.2 Å². The quantitative estimate of drug-likeness (QED) is 0.321. The Hall–Kier alpha value is -2.12. The first kappa shape index (κ1) is 19.2. The first-order chi connectivity index (χ1) is 13.6. The molecule has 1 aliphatic heterocycles. The number of nitrogens with zero attached hydrogens (tertiary/aromatic N) is 2. The summed E-state index contributed by atoms with van der Waals surface area (Å²) in [5, 5.41) is 1.99. The van der Waals surface area contributed by atoms with E-state index in [-0.39, 0.29) is 5.78 Å². The van der Waals surface area contributed by atoms with Gasteiger partial charge in [-0.05, 0) is 44.0 Å². The summed E-state index contributed by atoms with van der Waals surface area (Å²) in [6.45, 7) is 7.38. The fourth-order valence-corrected chi connectivity index (χ4v) is 5.24. The average molecular weight is 415 g/mol. The fraction of sp³-hybridized carbons (Fsp3) is 0.381. The van der Waals surface area contributed by atoms with Crippen molar-refractivity contribution in [3.05, 3.63) is 40.0 Å². The molecule has 5 nitrogen and oxygen atoms in total. The van der Waals surface area contributed by atoms with Crippen molar-refractivity contribution in [2.75, 3.05) is 19.0 Å². The molecule has 4 rings (SSSR count). The number of aromatic nitrogens is 2. The topological polar surface area (TPSA) is 61.3 Å². The van der Waals surface area contributed by atoms with Gasteiger partial charge in [-0.3, -0.25) is 4.79 Å². The average Bonchev–Trinajstić information content (AvgIpc) is 2.99. The van der Waals surface area contributed by atoms with Crippen LogP contribution in [0.25, 0.3) is 10.2 Å². The first-order valence-electron chi connectivity index (χ1n) is 9.39. The lowest BCUT2D eigenvalue weighted by Crippen LogP contribution is -2.16. The summed E-state index contributed by atoms with van der Waals surface area (Å²) in [5.41, 5.74) is 1.84. The zero-order chi connectivity index (χ0) is 19.7. The Balaban J connectivity index is 1.58. The zero-order valence-electron chi connectivity index (χ0n) is 16.2. The van der Waals surface area contributed by atoms with Gasteiger partial charge in [0.1, 0.15) is 28.9 Å². The third-order valence-corrected chi connectivity index (χ3v) is 6.80. The second-order valence-electron chi connectivity index (χ2n) is 6.73. The minimum absolute atomic E-state index is 0.0513. The highest BCUT2D eigenvalue weighted by Crippen LogP contribution is 2.36.